The molecular formula is C19H30N2O5S. The molecule has 27 heavy (non-hydrogen) atoms. The molecule has 1 aliphatic carbocycles. The second-order valence-electron chi connectivity index (χ2n) is 6.97. The average Bonchev–Trinajstić information content (AvgIpc) is 2.61. The molecular weight excluding hydrogens is 368 g/mol. The molecule has 7 nitrogen and oxygen atoms in total. The predicted octanol–water partition coefficient (Wildman–Crippen LogP) is 2.94. The summed E-state index contributed by atoms with van der Waals surface area (Å²) in [5, 5.41) is 3.08. The van der Waals surface area contributed by atoms with Crippen LogP contribution in [0.25, 0.3) is 0 Å². The Hall–Kier alpha value is -1.96. The van der Waals surface area contributed by atoms with Crippen molar-refractivity contribution < 1.29 is 22.7 Å². The van der Waals surface area contributed by atoms with Gasteiger partial charge in [-0.2, -0.15) is 0 Å². The van der Waals surface area contributed by atoms with E-state index in [9.17, 15) is 13.2 Å². The molecule has 0 saturated heterocycles. The van der Waals surface area contributed by atoms with Crippen LogP contribution in [0.4, 0.5) is 5.69 Å². The van der Waals surface area contributed by atoms with Crippen LogP contribution < -0.4 is 19.1 Å². The highest BCUT2D eigenvalue weighted by Crippen LogP contribution is 2.35. The Morgan fingerprint density at radius 2 is 1.56 bits per heavy atom. The van der Waals surface area contributed by atoms with Gasteiger partial charge >= 0.3 is 0 Å². The van der Waals surface area contributed by atoms with Crippen LogP contribution in [0.5, 0.6) is 11.5 Å². The third-order valence-electron chi connectivity index (χ3n) is 5.02. The normalized spacial score (nSPS) is 16.1. The van der Waals surface area contributed by atoms with Crippen molar-refractivity contribution in [3.63, 3.8) is 0 Å². The number of nitrogens with one attached hydrogen (secondary N) is 1. The van der Waals surface area contributed by atoms with Crippen molar-refractivity contribution in [1.82, 2.24) is 5.32 Å². The Balaban J connectivity index is 2.38. The maximum absolute atomic E-state index is 13.0. The summed E-state index contributed by atoms with van der Waals surface area (Å²) in [6.45, 7) is 0. The maximum atomic E-state index is 13.0. The van der Waals surface area contributed by atoms with Gasteiger partial charge in [-0.15, -0.1) is 0 Å². The fraction of sp³-hybridized carbons (Fsp3) is 0.632. The molecule has 0 aliphatic heterocycles. The lowest BCUT2D eigenvalue weighted by Crippen LogP contribution is -2.36. The van der Waals surface area contributed by atoms with Gasteiger partial charge in [-0.3, -0.25) is 9.10 Å². The van der Waals surface area contributed by atoms with Gasteiger partial charge in [-0.1, -0.05) is 32.1 Å². The first-order valence-corrected chi connectivity index (χ1v) is 11.1. The number of nitrogens with zero attached hydrogens (tertiary/aromatic N) is 1. The number of benzene rings is 1. The van der Waals surface area contributed by atoms with Crippen LogP contribution in [-0.4, -0.2) is 47.9 Å². The molecule has 2 rings (SSSR count). The average molecular weight is 399 g/mol. The van der Waals surface area contributed by atoms with Crippen LogP contribution in [-0.2, 0) is 10.0 Å². The molecule has 8 heteroatoms. The minimum Gasteiger partial charge on any atom is -0.493 e. The zero-order valence-electron chi connectivity index (χ0n) is 16.6. The van der Waals surface area contributed by atoms with Gasteiger partial charge in [0, 0.05) is 19.2 Å². The molecule has 1 aliphatic rings. The highest BCUT2D eigenvalue weighted by molar-refractivity contribution is 7.92. The molecule has 0 radical (unpaired) electrons. The fourth-order valence-corrected chi connectivity index (χ4v) is 3.86. The van der Waals surface area contributed by atoms with E-state index in [-0.39, 0.29) is 23.2 Å². The summed E-state index contributed by atoms with van der Waals surface area (Å²) in [6.07, 6.45) is 8.78. The lowest BCUT2D eigenvalue weighted by molar-refractivity contribution is 0.0930. The van der Waals surface area contributed by atoms with Gasteiger partial charge in [0.25, 0.3) is 5.91 Å². The number of anilines is 1. The zero-order chi connectivity index (χ0) is 20.0. The molecule has 0 atom stereocenters. The van der Waals surface area contributed by atoms with E-state index in [2.05, 4.69) is 5.32 Å². The van der Waals surface area contributed by atoms with Gasteiger partial charge in [0.1, 0.15) is 0 Å². The lowest BCUT2D eigenvalue weighted by atomic mass is 9.96. The number of amides is 1. The Morgan fingerprint density at radius 1 is 1.04 bits per heavy atom. The van der Waals surface area contributed by atoms with Crippen molar-refractivity contribution in [2.24, 2.45) is 0 Å². The smallest absolute Gasteiger partial charge is 0.253 e. The number of rotatable bonds is 6. The molecule has 0 spiro atoms. The number of ether oxygens (including phenoxy) is 2. The van der Waals surface area contributed by atoms with Crippen LogP contribution in [0.2, 0.25) is 0 Å². The van der Waals surface area contributed by atoms with Gasteiger partial charge in [-0.05, 0) is 18.9 Å². The van der Waals surface area contributed by atoms with E-state index in [1.54, 1.807) is 0 Å². The van der Waals surface area contributed by atoms with Gasteiger partial charge in [-0.25, -0.2) is 8.42 Å². The largest absolute Gasteiger partial charge is 0.493 e. The van der Waals surface area contributed by atoms with Crippen molar-refractivity contribution in [2.75, 3.05) is 31.8 Å². The predicted molar refractivity (Wildman–Crippen MR) is 106 cm³/mol. The number of sulfonamides is 1. The first-order valence-electron chi connectivity index (χ1n) is 9.28. The fourth-order valence-electron chi connectivity index (χ4n) is 3.35. The molecule has 152 valence electrons. The van der Waals surface area contributed by atoms with E-state index >= 15 is 0 Å². The number of carbonyl (C=O) groups excluding carboxylic acids is 1. The topological polar surface area (TPSA) is 84.9 Å². The molecule has 0 unspecified atom stereocenters. The van der Waals surface area contributed by atoms with Crippen molar-refractivity contribution in [1.29, 1.82) is 0 Å². The van der Waals surface area contributed by atoms with Crippen LogP contribution in [0.3, 0.4) is 0 Å². The monoisotopic (exact) mass is 398 g/mol. The quantitative estimate of drug-likeness (QED) is 0.796. The molecule has 0 bridgehead atoms. The standard InChI is InChI=1S/C19H30N2O5S/c1-21(27(4,23)24)16-13-18(26-3)17(25-2)12-15(16)19(22)20-14-10-8-6-5-7-9-11-14/h12-14H,5-11H2,1-4H3,(H,20,22). The Morgan fingerprint density at radius 3 is 2.07 bits per heavy atom. The van der Waals surface area contributed by atoms with Crippen LogP contribution in [0, 0.1) is 0 Å². The summed E-state index contributed by atoms with van der Waals surface area (Å²) in [6, 6.07) is 3.16. The van der Waals surface area contributed by atoms with E-state index in [0.717, 1.165) is 36.2 Å². The molecule has 0 heterocycles. The molecule has 1 N–H and O–H groups in total. The van der Waals surface area contributed by atoms with Crippen LogP contribution >= 0.6 is 0 Å². The summed E-state index contributed by atoms with van der Waals surface area (Å²) in [5.41, 5.74) is 0.515. The van der Waals surface area contributed by atoms with E-state index in [1.165, 1.54) is 52.7 Å². The molecule has 1 saturated carbocycles. The van der Waals surface area contributed by atoms with Crippen LogP contribution in [0.1, 0.15) is 55.3 Å². The molecule has 1 amide bonds. The summed E-state index contributed by atoms with van der Waals surface area (Å²) in [4.78, 5) is 13.0. The summed E-state index contributed by atoms with van der Waals surface area (Å²) < 4.78 is 35.8. The third kappa shape index (κ3) is 5.51. The van der Waals surface area contributed by atoms with Crippen molar-refractivity contribution in [3.8, 4) is 11.5 Å². The van der Waals surface area contributed by atoms with Gasteiger partial charge in [0.15, 0.2) is 11.5 Å². The number of methoxy groups -OCH3 is 2. The first-order chi connectivity index (χ1) is 12.8. The second-order valence-corrected chi connectivity index (χ2v) is 8.98. The first kappa shape index (κ1) is 21.3. The van der Waals surface area contributed by atoms with Gasteiger partial charge in [0.2, 0.25) is 10.0 Å². The molecule has 0 aromatic heterocycles. The summed E-state index contributed by atoms with van der Waals surface area (Å²) in [7, 11) is 0.826. The van der Waals surface area contributed by atoms with Crippen LogP contribution in [0.15, 0.2) is 12.1 Å². The highest BCUT2D eigenvalue weighted by Gasteiger charge is 2.25. The van der Waals surface area contributed by atoms with E-state index in [1.807, 2.05) is 0 Å². The SMILES string of the molecule is COc1cc(C(=O)NC2CCCCCCC2)c(N(C)S(C)(=O)=O)cc1OC. The highest BCUT2D eigenvalue weighted by atomic mass is 32.2. The zero-order valence-corrected chi connectivity index (χ0v) is 17.4. The van der Waals surface area contributed by atoms with Crippen molar-refractivity contribution >= 4 is 21.6 Å². The van der Waals surface area contributed by atoms with E-state index in [4.69, 9.17) is 9.47 Å². The Labute approximate surface area is 162 Å². The van der Waals surface area contributed by atoms with Crippen molar-refractivity contribution in [3.05, 3.63) is 17.7 Å². The van der Waals surface area contributed by atoms with Gasteiger partial charge < -0.3 is 14.8 Å². The molecule has 1 fully saturated rings. The molecule has 1 aromatic rings. The Kier molecular flexibility index (Phi) is 7.35. The van der Waals surface area contributed by atoms with Crippen molar-refractivity contribution in [2.45, 2.75) is 51.0 Å². The Bertz CT molecular complexity index is 756. The van der Waals surface area contributed by atoms with E-state index < -0.39 is 10.0 Å². The summed E-state index contributed by atoms with van der Waals surface area (Å²) in [5.74, 6) is 0.448. The third-order valence-corrected chi connectivity index (χ3v) is 6.22. The second kappa shape index (κ2) is 9.30. The van der Waals surface area contributed by atoms with Gasteiger partial charge in [0.05, 0.1) is 31.7 Å². The van der Waals surface area contributed by atoms with E-state index in [0.29, 0.717) is 11.5 Å². The minimum atomic E-state index is -3.54. The number of carbonyl (C=O) groups is 1. The summed E-state index contributed by atoms with van der Waals surface area (Å²) >= 11 is 0. The molecule has 1 aromatic carbocycles. The minimum absolute atomic E-state index is 0.0993. The maximum Gasteiger partial charge on any atom is 0.253 e. The number of hydrogen-bond acceptors (Lipinski definition) is 5. The lowest BCUT2D eigenvalue weighted by Gasteiger charge is -2.24. The number of hydrogen-bond donors (Lipinski definition) is 1.